The van der Waals surface area contributed by atoms with E-state index in [0.717, 1.165) is 25.2 Å². The summed E-state index contributed by atoms with van der Waals surface area (Å²) in [4.78, 5) is 0. The van der Waals surface area contributed by atoms with Gasteiger partial charge in [-0.3, -0.25) is 0 Å². The molecular formula is C15H23NO2. The second-order valence-electron chi connectivity index (χ2n) is 4.95. The number of nitrogens with two attached hydrogens (primary N) is 1. The molecule has 0 spiro atoms. The van der Waals surface area contributed by atoms with Gasteiger partial charge in [-0.15, -0.1) is 0 Å². The van der Waals surface area contributed by atoms with Gasteiger partial charge in [0, 0.05) is 12.6 Å². The minimum atomic E-state index is 0.0985. The van der Waals surface area contributed by atoms with Gasteiger partial charge >= 0.3 is 0 Å². The molecule has 1 aliphatic heterocycles. The van der Waals surface area contributed by atoms with Gasteiger partial charge in [0.1, 0.15) is 5.75 Å². The molecule has 2 rings (SSSR count). The molecule has 2 unspecified atom stereocenters. The Bertz CT molecular complexity index is 344. The Kier molecular flexibility index (Phi) is 5.02. The Morgan fingerprint density at radius 2 is 2.11 bits per heavy atom. The minimum absolute atomic E-state index is 0.0985. The van der Waals surface area contributed by atoms with Gasteiger partial charge in [0.2, 0.25) is 0 Å². The highest BCUT2D eigenvalue weighted by molar-refractivity contribution is 5.28. The molecule has 2 atom stereocenters. The number of ether oxygens (including phenoxy) is 2. The molecule has 0 bridgehead atoms. The zero-order valence-corrected chi connectivity index (χ0v) is 11.1. The highest BCUT2D eigenvalue weighted by Gasteiger charge is 2.15. The maximum Gasteiger partial charge on any atom is 0.118 e. The van der Waals surface area contributed by atoms with Crippen molar-refractivity contribution in [3.8, 4) is 5.75 Å². The first-order valence-corrected chi connectivity index (χ1v) is 6.80. The molecule has 1 aromatic rings. The van der Waals surface area contributed by atoms with Crippen LogP contribution in [0.4, 0.5) is 0 Å². The van der Waals surface area contributed by atoms with E-state index >= 15 is 0 Å². The first-order chi connectivity index (χ1) is 8.79. The van der Waals surface area contributed by atoms with E-state index in [1.54, 1.807) is 7.11 Å². The molecule has 1 heterocycles. The van der Waals surface area contributed by atoms with E-state index in [2.05, 4.69) is 0 Å². The summed E-state index contributed by atoms with van der Waals surface area (Å²) in [6.45, 7) is 0.919. The van der Waals surface area contributed by atoms with Crippen molar-refractivity contribution in [3.05, 3.63) is 29.8 Å². The molecule has 0 aliphatic carbocycles. The fraction of sp³-hybridized carbons (Fsp3) is 0.600. The molecule has 3 nitrogen and oxygen atoms in total. The second kappa shape index (κ2) is 6.76. The third kappa shape index (κ3) is 3.72. The van der Waals surface area contributed by atoms with Gasteiger partial charge in [-0.2, -0.15) is 0 Å². The first-order valence-electron chi connectivity index (χ1n) is 6.80. The smallest absolute Gasteiger partial charge is 0.118 e. The monoisotopic (exact) mass is 249 g/mol. The van der Waals surface area contributed by atoms with Crippen LogP contribution >= 0.6 is 0 Å². The van der Waals surface area contributed by atoms with Crippen molar-refractivity contribution >= 4 is 0 Å². The van der Waals surface area contributed by atoms with Crippen molar-refractivity contribution in [1.82, 2.24) is 0 Å². The largest absolute Gasteiger partial charge is 0.497 e. The Labute approximate surface area is 109 Å². The fourth-order valence-electron chi connectivity index (χ4n) is 2.42. The number of benzene rings is 1. The van der Waals surface area contributed by atoms with Gasteiger partial charge in [-0.1, -0.05) is 12.1 Å². The molecule has 0 aromatic heterocycles. The average Bonchev–Trinajstić information content (AvgIpc) is 2.46. The van der Waals surface area contributed by atoms with Gasteiger partial charge in [0.05, 0.1) is 13.2 Å². The molecular weight excluding hydrogens is 226 g/mol. The summed E-state index contributed by atoms with van der Waals surface area (Å²) in [5.74, 6) is 0.876. The molecule has 1 aliphatic rings. The van der Waals surface area contributed by atoms with Crippen LogP contribution in [0.15, 0.2) is 24.3 Å². The summed E-state index contributed by atoms with van der Waals surface area (Å²) < 4.78 is 10.9. The summed E-state index contributed by atoms with van der Waals surface area (Å²) in [6, 6.07) is 8.12. The Balaban J connectivity index is 1.80. The van der Waals surface area contributed by atoms with E-state index in [0.29, 0.717) is 6.10 Å². The topological polar surface area (TPSA) is 44.5 Å². The van der Waals surface area contributed by atoms with Crippen molar-refractivity contribution in [1.29, 1.82) is 0 Å². The lowest BCUT2D eigenvalue weighted by Crippen LogP contribution is -2.21. The highest BCUT2D eigenvalue weighted by atomic mass is 16.5. The van der Waals surface area contributed by atoms with Gasteiger partial charge in [-0.25, -0.2) is 0 Å². The maximum absolute atomic E-state index is 6.21. The normalized spacial score (nSPS) is 21.6. The molecule has 2 N–H and O–H groups in total. The molecule has 3 heteroatoms. The van der Waals surface area contributed by atoms with Crippen LogP contribution in [0.5, 0.6) is 5.75 Å². The molecule has 100 valence electrons. The van der Waals surface area contributed by atoms with E-state index in [-0.39, 0.29) is 6.04 Å². The van der Waals surface area contributed by atoms with Crippen LogP contribution in [0.3, 0.4) is 0 Å². The molecule has 1 saturated heterocycles. The van der Waals surface area contributed by atoms with E-state index in [4.69, 9.17) is 15.2 Å². The lowest BCUT2D eigenvalue weighted by Gasteiger charge is -2.23. The van der Waals surface area contributed by atoms with Crippen molar-refractivity contribution < 1.29 is 9.47 Å². The lowest BCUT2D eigenvalue weighted by atomic mass is 9.98. The van der Waals surface area contributed by atoms with Gasteiger partial charge in [0.25, 0.3) is 0 Å². The van der Waals surface area contributed by atoms with Crippen LogP contribution in [-0.2, 0) is 4.74 Å². The van der Waals surface area contributed by atoms with Crippen LogP contribution < -0.4 is 10.5 Å². The lowest BCUT2D eigenvalue weighted by molar-refractivity contribution is 0.00912. The Morgan fingerprint density at radius 3 is 2.72 bits per heavy atom. The van der Waals surface area contributed by atoms with Crippen LogP contribution in [-0.4, -0.2) is 19.8 Å². The summed E-state index contributed by atoms with van der Waals surface area (Å²) in [6.07, 6.45) is 6.16. The van der Waals surface area contributed by atoms with E-state index in [9.17, 15) is 0 Å². The van der Waals surface area contributed by atoms with Crippen LogP contribution in [0.1, 0.15) is 43.7 Å². The summed E-state index contributed by atoms with van der Waals surface area (Å²) in [5, 5.41) is 0. The average molecular weight is 249 g/mol. The standard InChI is InChI=1S/C15H23NO2/c1-17-13-7-5-12(6-8-13)15(16)10-9-14-4-2-3-11-18-14/h5-8,14-15H,2-4,9-11,16H2,1H3. The summed E-state index contributed by atoms with van der Waals surface area (Å²) in [7, 11) is 1.68. The van der Waals surface area contributed by atoms with Gasteiger partial charge < -0.3 is 15.2 Å². The summed E-state index contributed by atoms with van der Waals surface area (Å²) in [5.41, 5.74) is 7.38. The Morgan fingerprint density at radius 1 is 1.33 bits per heavy atom. The van der Waals surface area contributed by atoms with Crippen molar-refractivity contribution in [3.63, 3.8) is 0 Å². The van der Waals surface area contributed by atoms with Crippen molar-refractivity contribution in [2.45, 2.75) is 44.2 Å². The van der Waals surface area contributed by atoms with E-state index < -0.39 is 0 Å². The highest BCUT2D eigenvalue weighted by Crippen LogP contribution is 2.23. The zero-order valence-electron chi connectivity index (χ0n) is 11.1. The maximum atomic E-state index is 6.21. The molecule has 1 aromatic carbocycles. The number of rotatable bonds is 5. The number of hydrogen-bond acceptors (Lipinski definition) is 3. The third-order valence-electron chi connectivity index (χ3n) is 3.62. The Hall–Kier alpha value is -1.06. The van der Waals surface area contributed by atoms with Crippen molar-refractivity contribution in [2.75, 3.05) is 13.7 Å². The number of hydrogen-bond donors (Lipinski definition) is 1. The van der Waals surface area contributed by atoms with Gasteiger partial charge in [-0.05, 0) is 49.8 Å². The molecule has 0 radical (unpaired) electrons. The quantitative estimate of drug-likeness (QED) is 0.872. The minimum Gasteiger partial charge on any atom is -0.497 e. The molecule has 18 heavy (non-hydrogen) atoms. The van der Waals surface area contributed by atoms with E-state index in [1.165, 1.54) is 24.8 Å². The van der Waals surface area contributed by atoms with Crippen LogP contribution in [0.25, 0.3) is 0 Å². The predicted octanol–water partition coefficient (Wildman–Crippen LogP) is 3.04. The van der Waals surface area contributed by atoms with Crippen LogP contribution in [0, 0.1) is 0 Å². The molecule has 0 amide bonds. The first kappa shape index (κ1) is 13.4. The second-order valence-corrected chi connectivity index (χ2v) is 4.95. The number of methoxy groups -OCH3 is 1. The molecule has 0 saturated carbocycles. The predicted molar refractivity (Wildman–Crippen MR) is 72.7 cm³/mol. The van der Waals surface area contributed by atoms with Gasteiger partial charge in [0.15, 0.2) is 0 Å². The fourth-order valence-corrected chi connectivity index (χ4v) is 2.42. The zero-order chi connectivity index (χ0) is 12.8. The van der Waals surface area contributed by atoms with E-state index in [1.807, 2.05) is 24.3 Å². The van der Waals surface area contributed by atoms with Crippen LogP contribution in [0.2, 0.25) is 0 Å². The van der Waals surface area contributed by atoms with Crippen molar-refractivity contribution in [2.24, 2.45) is 5.73 Å². The summed E-state index contributed by atoms with van der Waals surface area (Å²) >= 11 is 0. The SMILES string of the molecule is COc1ccc(C(N)CCC2CCCCO2)cc1. The third-order valence-corrected chi connectivity index (χ3v) is 3.62. The molecule has 1 fully saturated rings.